The summed E-state index contributed by atoms with van der Waals surface area (Å²) in [7, 11) is 0. The molecule has 6 nitrogen and oxygen atoms in total. The molecule has 2 atom stereocenters. The summed E-state index contributed by atoms with van der Waals surface area (Å²) in [6.45, 7) is 2.87. The van der Waals surface area contributed by atoms with E-state index in [0.29, 0.717) is 13.2 Å². The van der Waals surface area contributed by atoms with Gasteiger partial charge >= 0.3 is 0 Å². The van der Waals surface area contributed by atoms with Crippen LogP contribution in [0.4, 0.5) is 17.1 Å². The van der Waals surface area contributed by atoms with E-state index in [2.05, 4.69) is 52.3 Å². The number of para-hydroxylation sites is 2. The largest absolute Gasteiger partial charge is 0.490 e. The van der Waals surface area contributed by atoms with Crippen molar-refractivity contribution in [3.05, 3.63) is 71.8 Å². The zero-order chi connectivity index (χ0) is 19.9. The molecule has 2 unspecified atom stereocenters. The van der Waals surface area contributed by atoms with Crippen LogP contribution in [0.15, 0.2) is 60.7 Å². The fraction of sp³-hybridized carbons (Fsp3) is 0.250. The minimum Gasteiger partial charge on any atom is -0.490 e. The first-order valence-electron chi connectivity index (χ1n) is 10.4. The molecule has 0 spiro atoms. The molecule has 0 fully saturated rings. The highest BCUT2D eigenvalue weighted by atomic mass is 16.6. The van der Waals surface area contributed by atoms with Crippen molar-refractivity contribution in [2.75, 3.05) is 42.3 Å². The summed E-state index contributed by atoms with van der Waals surface area (Å²) < 4.78 is 17.8. The molecule has 6 rings (SSSR count). The molecule has 3 heterocycles. The number of nitrogens with one attached hydrogen (secondary N) is 3. The normalized spacial score (nSPS) is 21.1. The Kier molecular flexibility index (Phi) is 4.08. The molecule has 0 aliphatic carbocycles. The molecule has 152 valence electrons. The second-order valence-electron chi connectivity index (χ2n) is 7.78. The SMILES string of the molecule is c1ccc2c(c1)OCC(c1ccc3c(c1)NCC(c1ccc4c(c1)OCCN4)N3)O2. The summed E-state index contributed by atoms with van der Waals surface area (Å²) in [5.41, 5.74) is 5.55. The lowest BCUT2D eigenvalue weighted by atomic mass is 10.0. The van der Waals surface area contributed by atoms with Gasteiger partial charge in [-0.1, -0.05) is 24.3 Å². The van der Waals surface area contributed by atoms with Crippen molar-refractivity contribution in [3.8, 4) is 17.2 Å². The molecule has 0 radical (unpaired) electrons. The maximum atomic E-state index is 6.16. The van der Waals surface area contributed by atoms with E-state index < -0.39 is 0 Å². The van der Waals surface area contributed by atoms with E-state index >= 15 is 0 Å². The molecule has 0 bridgehead atoms. The Hall–Kier alpha value is -3.54. The number of fused-ring (bicyclic) bond motifs is 3. The van der Waals surface area contributed by atoms with Gasteiger partial charge in [0.15, 0.2) is 17.6 Å². The van der Waals surface area contributed by atoms with Crippen LogP contribution in [0.3, 0.4) is 0 Å². The highest BCUT2D eigenvalue weighted by Crippen LogP contribution is 2.39. The average Bonchev–Trinajstić information content (AvgIpc) is 2.83. The monoisotopic (exact) mass is 401 g/mol. The predicted molar refractivity (Wildman–Crippen MR) is 117 cm³/mol. The van der Waals surface area contributed by atoms with Gasteiger partial charge in [-0.3, -0.25) is 0 Å². The topological polar surface area (TPSA) is 63.8 Å². The molecule has 3 aliphatic rings. The molecule has 3 aliphatic heterocycles. The van der Waals surface area contributed by atoms with E-state index in [4.69, 9.17) is 14.2 Å². The molecule has 3 aromatic rings. The average molecular weight is 401 g/mol. The number of rotatable bonds is 2. The van der Waals surface area contributed by atoms with Crippen LogP contribution in [-0.2, 0) is 0 Å². The van der Waals surface area contributed by atoms with Crippen LogP contribution < -0.4 is 30.2 Å². The van der Waals surface area contributed by atoms with Gasteiger partial charge in [0, 0.05) is 13.1 Å². The van der Waals surface area contributed by atoms with Crippen LogP contribution in [0, 0.1) is 0 Å². The molecule has 3 N–H and O–H groups in total. The van der Waals surface area contributed by atoms with E-state index in [0.717, 1.165) is 53.0 Å². The number of hydrogen-bond donors (Lipinski definition) is 3. The summed E-state index contributed by atoms with van der Waals surface area (Å²) in [4.78, 5) is 0. The van der Waals surface area contributed by atoms with E-state index in [1.54, 1.807) is 0 Å². The maximum Gasteiger partial charge on any atom is 0.162 e. The van der Waals surface area contributed by atoms with Crippen LogP contribution in [0.2, 0.25) is 0 Å². The summed E-state index contributed by atoms with van der Waals surface area (Å²) in [6, 6.07) is 20.7. The van der Waals surface area contributed by atoms with E-state index in [9.17, 15) is 0 Å². The number of ether oxygens (including phenoxy) is 3. The van der Waals surface area contributed by atoms with Gasteiger partial charge in [-0.2, -0.15) is 0 Å². The van der Waals surface area contributed by atoms with Gasteiger partial charge in [0.05, 0.1) is 23.1 Å². The fourth-order valence-corrected chi connectivity index (χ4v) is 4.24. The van der Waals surface area contributed by atoms with Crippen LogP contribution in [0.5, 0.6) is 17.2 Å². The molecule has 0 saturated heterocycles. The van der Waals surface area contributed by atoms with Gasteiger partial charge in [-0.05, 0) is 47.5 Å². The molecule has 3 aromatic carbocycles. The lowest BCUT2D eigenvalue weighted by Gasteiger charge is -2.31. The Morgan fingerprint density at radius 2 is 1.60 bits per heavy atom. The van der Waals surface area contributed by atoms with Crippen molar-refractivity contribution < 1.29 is 14.2 Å². The van der Waals surface area contributed by atoms with Gasteiger partial charge < -0.3 is 30.2 Å². The van der Waals surface area contributed by atoms with Crippen LogP contribution >= 0.6 is 0 Å². The van der Waals surface area contributed by atoms with Crippen molar-refractivity contribution in [1.82, 2.24) is 0 Å². The molecule has 0 saturated carbocycles. The number of benzene rings is 3. The summed E-state index contributed by atoms with van der Waals surface area (Å²) in [5, 5.41) is 10.6. The molecule has 0 aromatic heterocycles. The number of hydrogen-bond acceptors (Lipinski definition) is 6. The lowest BCUT2D eigenvalue weighted by molar-refractivity contribution is 0.0913. The number of anilines is 3. The maximum absolute atomic E-state index is 6.16. The Morgan fingerprint density at radius 1 is 0.733 bits per heavy atom. The van der Waals surface area contributed by atoms with Crippen LogP contribution in [0.1, 0.15) is 23.3 Å². The minimum absolute atomic E-state index is 0.116. The van der Waals surface area contributed by atoms with Gasteiger partial charge in [0.2, 0.25) is 0 Å². The van der Waals surface area contributed by atoms with Gasteiger partial charge in [0.25, 0.3) is 0 Å². The second kappa shape index (κ2) is 7.06. The zero-order valence-corrected chi connectivity index (χ0v) is 16.5. The Balaban J connectivity index is 1.21. The quantitative estimate of drug-likeness (QED) is 0.584. The van der Waals surface area contributed by atoms with E-state index in [1.165, 1.54) is 5.56 Å². The smallest absolute Gasteiger partial charge is 0.162 e. The molecular formula is C24H23N3O3. The first kappa shape index (κ1) is 17.3. The zero-order valence-electron chi connectivity index (χ0n) is 16.5. The highest BCUT2D eigenvalue weighted by molar-refractivity contribution is 5.73. The van der Waals surface area contributed by atoms with Crippen LogP contribution in [-0.4, -0.2) is 26.3 Å². The molecule has 6 heteroatoms. The first-order chi connectivity index (χ1) is 14.8. The van der Waals surface area contributed by atoms with Crippen molar-refractivity contribution >= 4 is 17.1 Å². The third-order valence-corrected chi connectivity index (χ3v) is 5.83. The molecule has 0 amide bonds. The van der Waals surface area contributed by atoms with E-state index in [-0.39, 0.29) is 12.1 Å². The minimum atomic E-state index is -0.116. The molecular weight excluding hydrogens is 378 g/mol. The standard InChI is InChI=1S/C24H23N3O3/c1-2-4-22-21(3-1)29-14-24(30-22)16-6-7-17-19(11-16)26-13-20(27-17)15-5-8-18-23(12-15)28-10-9-25-18/h1-8,11-12,20,24-27H,9-10,13-14H2. The summed E-state index contributed by atoms with van der Waals surface area (Å²) >= 11 is 0. The third-order valence-electron chi connectivity index (χ3n) is 5.83. The third kappa shape index (κ3) is 3.05. The second-order valence-corrected chi connectivity index (χ2v) is 7.78. The van der Waals surface area contributed by atoms with Crippen molar-refractivity contribution in [2.45, 2.75) is 12.1 Å². The summed E-state index contributed by atoms with van der Waals surface area (Å²) in [5.74, 6) is 2.52. The van der Waals surface area contributed by atoms with E-state index in [1.807, 2.05) is 24.3 Å². The molecule has 30 heavy (non-hydrogen) atoms. The van der Waals surface area contributed by atoms with Gasteiger partial charge in [0.1, 0.15) is 19.0 Å². The first-order valence-corrected chi connectivity index (χ1v) is 10.4. The Labute approximate surface area is 175 Å². The van der Waals surface area contributed by atoms with Crippen molar-refractivity contribution in [3.63, 3.8) is 0 Å². The predicted octanol–water partition coefficient (Wildman–Crippen LogP) is 4.58. The summed E-state index contributed by atoms with van der Waals surface area (Å²) in [6.07, 6.45) is -0.116. The van der Waals surface area contributed by atoms with Crippen molar-refractivity contribution in [2.24, 2.45) is 0 Å². The lowest BCUT2D eigenvalue weighted by Crippen LogP contribution is -2.27. The van der Waals surface area contributed by atoms with Gasteiger partial charge in [-0.15, -0.1) is 0 Å². The Bertz CT molecular complexity index is 1100. The van der Waals surface area contributed by atoms with Crippen molar-refractivity contribution in [1.29, 1.82) is 0 Å². The van der Waals surface area contributed by atoms with Gasteiger partial charge in [-0.25, -0.2) is 0 Å². The highest BCUT2D eigenvalue weighted by Gasteiger charge is 2.25. The fourth-order valence-electron chi connectivity index (χ4n) is 4.24. The van der Waals surface area contributed by atoms with Crippen LogP contribution in [0.25, 0.3) is 0 Å². The Morgan fingerprint density at radius 3 is 2.57 bits per heavy atom.